The Morgan fingerprint density at radius 2 is 1.44 bits per heavy atom. The van der Waals surface area contributed by atoms with Crippen LogP contribution in [-0.2, 0) is 23.2 Å². The standard InChI is InChI=1S/C25H28N2O4S/c1-25(2,3)27-32(29,30)23-16-10-8-11-19(23)17-26-24(28)22-15-9-7-12-20(22)18-31-21-13-5-4-6-14-21/h4-16,27H,17-18H2,1-3H3,(H,26,28). The fourth-order valence-corrected chi connectivity index (χ4v) is 4.85. The van der Waals surface area contributed by atoms with Crippen LogP contribution in [0.25, 0.3) is 0 Å². The summed E-state index contributed by atoms with van der Waals surface area (Å²) in [4.78, 5) is 13.1. The molecule has 0 atom stereocenters. The molecule has 6 nitrogen and oxygen atoms in total. The summed E-state index contributed by atoms with van der Waals surface area (Å²) in [5, 5.41) is 2.84. The highest BCUT2D eigenvalue weighted by Gasteiger charge is 2.24. The van der Waals surface area contributed by atoms with Crippen LogP contribution in [0.1, 0.15) is 42.3 Å². The molecular weight excluding hydrogens is 424 g/mol. The average Bonchev–Trinajstić information content (AvgIpc) is 2.75. The van der Waals surface area contributed by atoms with Gasteiger partial charge >= 0.3 is 0 Å². The predicted octanol–water partition coefficient (Wildman–Crippen LogP) is 4.27. The quantitative estimate of drug-likeness (QED) is 0.535. The van der Waals surface area contributed by atoms with Crippen LogP contribution in [0.4, 0.5) is 0 Å². The first-order valence-corrected chi connectivity index (χ1v) is 11.8. The van der Waals surface area contributed by atoms with Crippen molar-refractivity contribution < 1.29 is 17.9 Å². The van der Waals surface area contributed by atoms with Gasteiger partial charge in [-0.3, -0.25) is 4.79 Å². The fourth-order valence-electron chi connectivity index (χ4n) is 3.19. The van der Waals surface area contributed by atoms with Crippen LogP contribution < -0.4 is 14.8 Å². The molecule has 0 aliphatic rings. The van der Waals surface area contributed by atoms with E-state index in [-0.39, 0.29) is 24.0 Å². The van der Waals surface area contributed by atoms with Gasteiger partial charge in [-0.25, -0.2) is 13.1 Å². The summed E-state index contributed by atoms with van der Waals surface area (Å²) in [6.07, 6.45) is 0. The Kier molecular flexibility index (Phi) is 7.33. The van der Waals surface area contributed by atoms with Crippen molar-refractivity contribution >= 4 is 15.9 Å². The summed E-state index contributed by atoms with van der Waals surface area (Å²) in [5.41, 5.74) is 1.11. The van der Waals surface area contributed by atoms with E-state index in [0.29, 0.717) is 16.9 Å². The third-order valence-electron chi connectivity index (χ3n) is 4.54. The lowest BCUT2D eigenvalue weighted by molar-refractivity contribution is 0.0948. The second-order valence-electron chi connectivity index (χ2n) is 8.40. The SMILES string of the molecule is CC(C)(C)NS(=O)(=O)c1ccccc1CNC(=O)c1ccccc1COc1ccccc1. The molecule has 2 N–H and O–H groups in total. The minimum absolute atomic E-state index is 0.0773. The lowest BCUT2D eigenvalue weighted by Crippen LogP contribution is -2.41. The van der Waals surface area contributed by atoms with Crippen LogP contribution in [0.2, 0.25) is 0 Å². The topological polar surface area (TPSA) is 84.5 Å². The zero-order valence-electron chi connectivity index (χ0n) is 18.5. The van der Waals surface area contributed by atoms with Crippen molar-refractivity contribution in [3.8, 4) is 5.75 Å². The Bertz CT molecular complexity index is 1170. The first-order chi connectivity index (χ1) is 15.2. The fraction of sp³-hybridized carbons (Fsp3) is 0.240. The van der Waals surface area contributed by atoms with Gasteiger partial charge in [0.25, 0.3) is 5.91 Å². The van der Waals surface area contributed by atoms with Crippen LogP contribution in [-0.4, -0.2) is 19.9 Å². The van der Waals surface area contributed by atoms with Crippen LogP contribution in [0.5, 0.6) is 5.75 Å². The van der Waals surface area contributed by atoms with E-state index in [1.807, 2.05) is 42.5 Å². The smallest absolute Gasteiger partial charge is 0.251 e. The number of amides is 1. The van der Waals surface area contributed by atoms with E-state index in [1.165, 1.54) is 6.07 Å². The van der Waals surface area contributed by atoms with E-state index in [0.717, 1.165) is 5.56 Å². The molecule has 0 unspecified atom stereocenters. The van der Waals surface area contributed by atoms with Crippen molar-refractivity contribution in [3.05, 3.63) is 95.6 Å². The van der Waals surface area contributed by atoms with Crippen molar-refractivity contribution in [3.63, 3.8) is 0 Å². The normalized spacial score (nSPS) is 11.7. The van der Waals surface area contributed by atoms with E-state index >= 15 is 0 Å². The molecule has 0 aromatic heterocycles. The average molecular weight is 453 g/mol. The molecule has 7 heteroatoms. The first-order valence-electron chi connectivity index (χ1n) is 10.3. The molecule has 3 aromatic rings. The minimum Gasteiger partial charge on any atom is -0.489 e. The van der Waals surface area contributed by atoms with Crippen molar-refractivity contribution in [2.45, 2.75) is 44.4 Å². The summed E-state index contributed by atoms with van der Waals surface area (Å²) in [6.45, 7) is 5.66. The zero-order valence-corrected chi connectivity index (χ0v) is 19.3. The number of rotatable bonds is 8. The molecule has 0 bridgehead atoms. The Morgan fingerprint density at radius 1 is 0.844 bits per heavy atom. The van der Waals surface area contributed by atoms with Crippen molar-refractivity contribution in [1.82, 2.24) is 10.0 Å². The Labute approximate surface area is 189 Å². The van der Waals surface area contributed by atoms with Crippen LogP contribution in [0.3, 0.4) is 0 Å². The molecule has 0 radical (unpaired) electrons. The van der Waals surface area contributed by atoms with Gasteiger partial charge in [-0.15, -0.1) is 0 Å². The summed E-state index contributed by atoms with van der Waals surface area (Å²) >= 11 is 0. The molecular formula is C25H28N2O4S. The summed E-state index contributed by atoms with van der Waals surface area (Å²) < 4.78 is 34.1. The number of para-hydroxylation sites is 1. The van der Waals surface area contributed by atoms with Crippen LogP contribution >= 0.6 is 0 Å². The summed E-state index contributed by atoms with van der Waals surface area (Å²) in [6, 6.07) is 23.2. The van der Waals surface area contributed by atoms with Gasteiger partial charge in [-0.05, 0) is 50.6 Å². The van der Waals surface area contributed by atoms with Gasteiger partial charge in [0, 0.05) is 23.2 Å². The summed E-state index contributed by atoms with van der Waals surface area (Å²) in [5.74, 6) is 0.418. The number of benzene rings is 3. The van der Waals surface area contributed by atoms with Crippen LogP contribution in [0, 0.1) is 0 Å². The highest BCUT2D eigenvalue weighted by molar-refractivity contribution is 7.89. The van der Waals surface area contributed by atoms with Gasteiger partial charge < -0.3 is 10.1 Å². The lowest BCUT2D eigenvalue weighted by Gasteiger charge is -2.21. The van der Waals surface area contributed by atoms with Crippen molar-refractivity contribution in [1.29, 1.82) is 0 Å². The lowest BCUT2D eigenvalue weighted by atomic mass is 10.1. The maximum atomic E-state index is 12.9. The summed E-state index contributed by atoms with van der Waals surface area (Å²) in [7, 11) is -3.73. The number of sulfonamides is 1. The molecule has 3 aromatic carbocycles. The van der Waals surface area contributed by atoms with Gasteiger partial charge in [0.2, 0.25) is 10.0 Å². The maximum absolute atomic E-state index is 12.9. The highest BCUT2D eigenvalue weighted by atomic mass is 32.2. The molecule has 0 fully saturated rings. The Balaban J connectivity index is 1.74. The molecule has 32 heavy (non-hydrogen) atoms. The number of nitrogens with one attached hydrogen (secondary N) is 2. The molecule has 1 amide bonds. The van der Waals surface area contributed by atoms with Gasteiger partial charge in [0.15, 0.2) is 0 Å². The Hall–Kier alpha value is -3.16. The number of hydrogen-bond donors (Lipinski definition) is 2. The largest absolute Gasteiger partial charge is 0.489 e. The molecule has 0 spiro atoms. The number of carbonyl (C=O) groups is 1. The predicted molar refractivity (Wildman–Crippen MR) is 125 cm³/mol. The van der Waals surface area contributed by atoms with Crippen molar-refractivity contribution in [2.75, 3.05) is 0 Å². The van der Waals surface area contributed by atoms with Gasteiger partial charge in [-0.2, -0.15) is 0 Å². The Morgan fingerprint density at radius 3 is 2.12 bits per heavy atom. The molecule has 0 aliphatic carbocycles. The second-order valence-corrected chi connectivity index (χ2v) is 10.1. The van der Waals surface area contributed by atoms with E-state index in [1.54, 1.807) is 51.1 Å². The molecule has 0 heterocycles. The van der Waals surface area contributed by atoms with Crippen LogP contribution in [0.15, 0.2) is 83.8 Å². The van der Waals surface area contributed by atoms with E-state index in [2.05, 4.69) is 10.0 Å². The first kappa shape index (κ1) is 23.5. The van der Waals surface area contributed by atoms with E-state index in [9.17, 15) is 13.2 Å². The monoisotopic (exact) mass is 452 g/mol. The van der Waals surface area contributed by atoms with E-state index < -0.39 is 15.6 Å². The third-order valence-corrected chi connectivity index (χ3v) is 6.40. The molecule has 3 rings (SSSR count). The molecule has 0 saturated heterocycles. The second kappa shape index (κ2) is 9.97. The zero-order chi connectivity index (χ0) is 23.2. The van der Waals surface area contributed by atoms with E-state index in [4.69, 9.17) is 4.74 Å². The number of carbonyl (C=O) groups excluding carboxylic acids is 1. The minimum atomic E-state index is -3.73. The third kappa shape index (κ3) is 6.42. The van der Waals surface area contributed by atoms with Crippen molar-refractivity contribution in [2.24, 2.45) is 0 Å². The molecule has 0 aliphatic heterocycles. The number of ether oxygens (including phenoxy) is 1. The molecule has 0 saturated carbocycles. The molecule has 168 valence electrons. The highest BCUT2D eigenvalue weighted by Crippen LogP contribution is 2.19. The van der Waals surface area contributed by atoms with Gasteiger partial charge in [0.05, 0.1) is 4.90 Å². The van der Waals surface area contributed by atoms with Gasteiger partial charge in [0.1, 0.15) is 12.4 Å². The maximum Gasteiger partial charge on any atom is 0.251 e. The van der Waals surface area contributed by atoms with Gasteiger partial charge in [-0.1, -0.05) is 54.6 Å². The number of hydrogen-bond acceptors (Lipinski definition) is 4.